The van der Waals surface area contributed by atoms with Crippen LogP contribution in [0.2, 0.25) is 5.02 Å². The summed E-state index contributed by atoms with van der Waals surface area (Å²) < 4.78 is 5.34. The van der Waals surface area contributed by atoms with Gasteiger partial charge in [0, 0.05) is 5.02 Å². The van der Waals surface area contributed by atoms with E-state index < -0.39 is 0 Å². The summed E-state index contributed by atoms with van der Waals surface area (Å²) in [6.45, 7) is 2.08. The predicted octanol–water partition coefficient (Wildman–Crippen LogP) is 4.76. The Morgan fingerprint density at radius 3 is 2.67 bits per heavy atom. The van der Waals surface area contributed by atoms with Gasteiger partial charge in [0.1, 0.15) is 5.75 Å². The summed E-state index contributed by atoms with van der Waals surface area (Å²) in [6, 6.07) is 16.0. The summed E-state index contributed by atoms with van der Waals surface area (Å²) in [6.07, 6.45) is 1.54. The zero-order valence-electron chi connectivity index (χ0n) is 12.3. The molecule has 0 heterocycles. The van der Waals surface area contributed by atoms with Gasteiger partial charge in [-0.25, -0.2) is 0 Å². The lowest BCUT2D eigenvalue weighted by atomic mass is 9.91. The van der Waals surface area contributed by atoms with Crippen LogP contribution in [0.25, 0.3) is 0 Å². The molecule has 0 aliphatic heterocycles. The van der Waals surface area contributed by atoms with Crippen LogP contribution < -0.4 is 4.74 Å². The largest absolute Gasteiger partial charge is 0.496 e. The monoisotopic (exact) mass is 299 g/mol. The van der Waals surface area contributed by atoms with E-state index in [1.165, 1.54) is 0 Å². The van der Waals surface area contributed by atoms with Gasteiger partial charge in [0.2, 0.25) is 0 Å². The quantitative estimate of drug-likeness (QED) is 0.797. The van der Waals surface area contributed by atoms with Crippen molar-refractivity contribution in [3.63, 3.8) is 0 Å². The molecule has 0 spiro atoms. The molecule has 0 aromatic heterocycles. The van der Waals surface area contributed by atoms with Crippen LogP contribution in [0.3, 0.4) is 0 Å². The van der Waals surface area contributed by atoms with Gasteiger partial charge >= 0.3 is 0 Å². The third-order valence-electron chi connectivity index (χ3n) is 3.57. The number of aryl methyl sites for hydroxylation is 1. The van der Waals surface area contributed by atoms with Crippen molar-refractivity contribution in [2.75, 3.05) is 7.11 Å². The van der Waals surface area contributed by atoms with Gasteiger partial charge in [-0.1, -0.05) is 42.8 Å². The van der Waals surface area contributed by atoms with E-state index in [9.17, 15) is 5.26 Å². The third-order valence-corrected chi connectivity index (χ3v) is 3.81. The van der Waals surface area contributed by atoms with Gasteiger partial charge in [-0.2, -0.15) is 5.26 Å². The zero-order chi connectivity index (χ0) is 15.2. The lowest BCUT2D eigenvalue weighted by Crippen LogP contribution is -2.02. The summed E-state index contributed by atoms with van der Waals surface area (Å²) in [4.78, 5) is 0. The molecule has 0 aliphatic rings. The molecule has 2 nitrogen and oxygen atoms in total. The van der Waals surface area contributed by atoms with Crippen molar-refractivity contribution < 1.29 is 4.74 Å². The number of hydrogen-bond donors (Lipinski definition) is 0. The van der Waals surface area contributed by atoms with Crippen molar-refractivity contribution in [1.82, 2.24) is 0 Å². The lowest BCUT2D eigenvalue weighted by molar-refractivity contribution is 0.410. The van der Waals surface area contributed by atoms with Gasteiger partial charge in [-0.15, -0.1) is 0 Å². The highest BCUT2D eigenvalue weighted by Crippen LogP contribution is 2.27. The van der Waals surface area contributed by atoms with Crippen molar-refractivity contribution in [3.05, 3.63) is 64.2 Å². The van der Waals surface area contributed by atoms with Crippen LogP contribution in [0.1, 0.15) is 29.5 Å². The molecule has 3 heteroatoms. The molecule has 0 saturated heterocycles. The third kappa shape index (κ3) is 3.77. The SMILES string of the molecule is CCc1cc(C(C#N)Cc2cccc(Cl)c2)ccc1OC. The van der Waals surface area contributed by atoms with Gasteiger partial charge in [-0.05, 0) is 47.7 Å². The number of rotatable bonds is 5. The maximum atomic E-state index is 9.49. The predicted molar refractivity (Wildman–Crippen MR) is 85.9 cm³/mol. The Labute approximate surface area is 130 Å². The molecule has 0 amide bonds. The maximum Gasteiger partial charge on any atom is 0.122 e. The second-order valence-corrected chi connectivity index (χ2v) is 5.38. The fraction of sp³-hybridized carbons (Fsp3) is 0.278. The molecule has 0 aliphatic carbocycles. The summed E-state index contributed by atoms with van der Waals surface area (Å²) in [7, 11) is 1.67. The van der Waals surface area contributed by atoms with Crippen molar-refractivity contribution in [1.29, 1.82) is 5.26 Å². The molecule has 0 fully saturated rings. The number of nitriles is 1. The minimum Gasteiger partial charge on any atom is -0.496 e. The molecule has 2 aromatic rings. The van der Waals surface area contributed by atoms with Crippen molar-refractivity contribution in [2.45, 2.75) is 25.7 Å². The van der Waals surface area contributed by atoms with E-state index in [2.05, 4.69) is 19.1 Å². The molecule has 0 radical (unpaired) electrons. The number of hydrogen-bond acceptors (Lipinski definition) is 2. The van der Waals surface area contributed by atoms with E-state index in [4.69, 9.17) is 16.3 Å². The van der Waals surface area contributed by atoms with Crippen LogP contribution in [-0.2, 0) is 12.8 Å². The summed E-state index contributed by atoms with van der Waals surface area (Å²) in [5.74, 6) is 0.695. The fourth-order valence-electron chi connectivity index (χ4n) is 2.43. The first-order valence-corrected chi connectivity index (χ1v) is 7.36. The zero-order valence-corrected chi connectivity index (χ0v) is 13.0. The van der Waals surface area contributed by atoms with Crippen LogP contribution in [0, 0.1) is 11.3 Å². The second-order valence-electron chi connectivity index (χ2n) is 4.94. The van der Waals surface area contributed by atoms with Crippen molar-refractivity contribution in [2.24, 2.45) is 0 Å². The highest BCUT2D eigenvalue weighted by atomic mass is 35.5. The first-order valence-electron chi connectivity index (χ1n) is 6.98. The van der Waals surface area contributed by atoms with Gasteiger partial charge in [0.15, 0.2) is 0 Å². The first-order chi connectivity index (χ1) is 10.2. The first kappa shape index (κ1) is 15.4. The lowest BCUT2D eigenvalue weighted by Gasteiger charge is -2.13. The van der Waals surface area contributed by atoms with Gasteiger partial charge in [0.25, 0.3) is 0 Å². The smallest absolute Gasteiger partial charge is 0.122 e. The van der Waals surface area contributed by atoms with Crippen LogP contribution >= 0.6 is 11.6 Å². The number of nitrogens with zero attached hydrogens (tertiary/aromatic N) is 1. The van der Waals surface area contributed by atoms with E-state index in [0.717, 1.165) is 28.9 Å². The Hall–Kier alpha value is -1.98. The summed E-state index contributed by atoms with van der Waals surface area (Å²) >= 11 is 6.01. The van der Waals surface area contributed by atoms with E-state index in [1.807, 2.05) is 36.4 Å². The Bertz CT molecular complexity index is 661. The molecule has 1 unspecified atom stereocenters. The minimum atomic E-state index is -0.181. The van der Waals surface area contributed by atoms with E-state index >= 15 is 0 Å². The highest BCUT2D eigenvalue weighted by molar-refractivity contribution is 6.30. The average molecular weight is 300 g/mol. The van der Waals surface area contributed by atoms with Gasteiger partial charge in [0.05, 0.1) is 19.1 Å². The van der Waals surface area contributed by atoms with Gasteiger partial charge < -0.3 is 4.74 Å². The second kappa shape index (κ2) is 7.15. The van der Waals surface area contributed by atoms with Crippen molar-refractivity contribution in [3.8, 4) is 11.8 Å². The molecule has 0 N–H and O–H groups in total. The van der Waals surface area contributed by atoms with E-state index in [0.29, 0.717) is 11.4 Å². The molecule has 2 rings (SSSR count). The number of benzene rings is 2. The maximum absolute atomic E-state index is 9.49. The van der Waals surface area contributed by atoms with Crippen LogP contribution in [-0.4, -0.2) is 7.11 Å². The average Bonchev–Trinajstić information content (AvgIpc) is 2.52. The molecule has 0 bridgehead atoms. The normalized spacial score (nSPS) is 11.7. The van der Waals surface area contributed by atoms with Crippen LogP contribution in [0.15, 0.2) is 42.5 Å². The summed E-state index contributed by atoms with van der Waals surface area (Å²) in [5, 5.41) is 10.2. The molecule has 21 heavy (non-hydrogen) atoms. The molecule has 2 aromatic carbocycles. The van der Waals surface area contributed by atoms with Gasteiger partial charge in [-0.3, -0.25) is 0 Å². The number of methoxy groups -OCH3 is 1. The fourth-order valence-corrected chi connectivity index (χ4v) is 2.64. The minimum absolute atomic E-state index is 0.181. The Kier molecular flexibility index (Phi) is 5.25. The molecule has 1 atom stereocenters. The molecule has 108 valence electrons. The molecular weight excluding hydrogens is 282 g/mol. The Morgan fingerprint density at radius 1 is 1.24 bits per heavy atom. The Morgan fingerprint density at radius 2 is 2.05 bits per heavy atom. The number of halogens is 1. The van der Waals surface area contributed by atoms with E-state index in [1.54, 1.807) is 7.11 Å². The highest BCUT2D eigenvalue weighted by Gasteiger charge is 2.14. The van der Waals surface area contributed by atoms with E-state index in [-0.39, 0.29) is 5.92 Å². The molecule has 0 saturated carbocycles. The van der Waals surface area contributed by atoms with Crippen LogP contribution in [0.4, 0.5) is 0 Å². The Balaban J connectivity index is 2.27. The topological polar surface area (TPSA) is 33.0 Å². The molecular formula is C18H18ClNO. The standard InChI is InChI=1S/C18H18ClNO/c1-3-14-11-15(7-8-18(14)21-2)16(12-20)9-13-5-4-6-17(19)10-13/h4-8,10-11,16H,3,9H2,1-2H3. The van der Waals surface area contributed by atoms with Crippen molar-refractivity contribution >= 4 is 11.6 Å². The number of ether oxygens (including phenoxy) is 1. The van der Waals surface area contributed by atoms with Crippen LogP contribution in [0.5, 0.6) is 5.75 Å². The summed E-state index contributed by atoms with van der Waals surface area (Å²) in [5.41, 5.74) is 3.22.